The molecule has 0 saturated carbocycles. The fraction of sp³-hybridized carbons (Fsp3) is 0.667. The Balaban J connectivity index is 1.47. The van der Waals surface area contributed by atoms with Crippen molar-refractivity contribution in [3.63, 3.8) is 0 Å². The Kier molecular flexibility index (Phi) is 9.00. The van der Waals surface area contributed by atoms with Crippen LogP contribution in [0.15, 0.2) is 29.3 Å². The van der Waals surface area contributed by atoms with Gasteiger partial charge in [0.05, 0.1) is 6.61 Å². The average molecular weight is 430 g/mol. The molecule has 0 spiro atoms. The summed E-state index contributed by atoms with van der Waals surface area (Å²) in [6.07, 6.45) is 4.17. The molecule has 7 nitrogen and oxygen atoms in total. The molecule has 2 aliphatic heterocycles. The molecule has 1 amide bonds. The van der Waals surface area contributed by atoms with Gasteiger partial charge in [-0.1, -0.05) is 31.2 Å². The number of hydrogen-bond acceptors (Lipinski definition) is 4. The van der Waals surface area contributed by atoms with Crippen molar-refractivity contribution in [3.05, 3.63) is 35.4 Å². The maximum absolute atomic E-state index is 11.9. The zero-order chi connectivity index (χ0) is 22.1. The minimum atomic E-state index is -0.205. The van der Waals surface area contributed by atoms with Crippen molar-refractivity contribution in [1.29, 1.82) is 0 Å². The van der Waals surface area contributed by atoms with Crippen molar-refractivity contribution < 1.29 is 9.53 Å². The van der Waals surface area contributed by atoms with Crippen LogP contribution in [0, 0.1) is 5.92 Å². The van der Waals surface area contributed by atoms with Gasteiger partial charge in [-0.15, -0.1) is 0 Å². The molecule has 2 N–H and O–H groups in total. The average Bonchev–Trinajstić information content (AvgIpc) is 2.79. The highest BCUT2D eigenvalue weighted by molar-refractivity contribution is 5.80. The molecule has 0 atom stereocenters. The van der Waals surface area contributed by atoms with Crippen LogP contribution in [0.25, 0.3) is 0 Å². The van der Waals surface area contributed by atoms with Crippen LogP contribution in [0.2, 0.25) is 0 Å². The van der Waals surface area contributed by atoms with E-state index >= 15 is 0 Å². The summed E-state index contributed by atoms with van der Waals surface area (Å²) in [6.45, 7) is 10.2. The maximum Gasteiger partial charge on any atom is 0.409 e. The second-order valence-corrected chi connectivity index (χ2v) is 8.76. The van der Waals surface area contributed by atoms with Crippen molar-refractivity contribution in [3.8, 4) is 0 Å². The molecular formula is C24H39N5O2. The fourth-order valence-corrected chi connectivity index (χ4v) is 4.33. The Morgan fingerprint density at radius 2 is 1.77 bits per heavy atom. The highest BCUT2D eigenvalue weighted by Crippen LogP contribution is 2.19. The lowest BCUT2D eigenvalue weighted by Crippen LogP contribution is -2.49. The molecule has 2 saturated heterocycles. The van der Waals surface area contributed by atoms with Crippen molar-refractivity contribution in [2.24, 2.45) is 10.9 Å². The molecule has 2 aliphatic rings. The van der Waals surface area contributed by atoms with Crippen molar-refractivity contribution >= 4 is 12.1 Å². The molecule has 2 heterocycles. The lowest BCUT2D eigenvalue weighted by Gasteiger charge is -2.32. The van der Waals surface area contributed by atoms with Crippen molar-refractivity contribution in [2.75, 3.05) is 39.8 Å². The second-order valence-electron chi connectivity index (χ2n) is 8.76. The molecule has 172 valence electrons. The molecule has 0 unspecified atom stereocenters. The maximum atomic E-state index is 11.9. The largest absolute Gasteiger partial charge is 0.450 e. The van der Waals surface area contributed by atoms with Crippen LogP contribution in [-0.2, 0) is 17.8 Å². The monoisotopic (exact) mass is 429 g/mol. The van der Waals surface area contributed by atoms with Gasteiger partial charge in [0.15, 0.2) is 5.96 Å². The normalized spacial score (nSPS) is 19.3. The number of amides is 1. The fourth-order valence-electron chi connectivity index (χ4n) is 4.33. The van der Waals surface area contributed by atoms with Gasteiger partial charge in [-0.05, 0) is 62.7 Å². The Morgan fingerprint density at radius 1 is 1.10 bits per heavy atom. The SMILES string of the molecule is CCOC(=O)N1CCC(NC(=NC)NCc2ccccc2CN2CCC(C)CC2)CC1. The number of nitrogens with zero attached hydrogens (tertiary/aromatic N) is 3. The minimum Gasteiger partial charge on any atom is -0.450 e. The number of hydrogen-bond donors (Lipinski definition) is 2. The molecule has 0 bridgehead atoms. The van der Waals surface area contributed by atoms with Gasteiger partial charge in [0.25, 0.3) is 0 Å². The number of rotatable bonds is 6. The van der Waals surface area contributed by atoms with Gasteiger partial charge in [-0.2, -0.15) is 0 Å². The van der Waals surface area contributed by atoms with Gasteiger partial charge >= 0.3 is 6.09 Å². The summed E-state index contributed by atoms with van der Waals surface area (Å²) in [5, 5.41) is 7.01. The van der Waals surface area contributed by atoms with E-state index in [1.807, 2.05) is 14.0 Å². The summed E-state index contributed by atoms with van der Waals surface area (Å²) in [5.74, 6) is 1.67. The van der Waals surface area contributed by atoms with Gasteiger partial charge in [0.2, 0.25) is 0 Å². The summed E-state index contributed by atoms with van der Waals surface area (Å²) in [4.78, 5) is 20.7. The van der Waals surface area contributed by atoms with E-state index < -0.39 is 0 Å². The van der Waals surface area contributed by atoms with E-state index in [1.165, 1.54) is 37.1 Å². The predicted molar refractivity (Wildman–Crippen MR) is 125 cm³/mol. The van der Waals surface area contributed by atoms with Crippen LogP contribution in [0.1, 0.15) is 50.7 Å². The topological polar surface area (TPSA) is 69.2 Å². The van der Waals surface area contributed by atoms with Crippen LogP contribution in [0.5, 0.6) is 0 Å². The second kappa shape index (κ2) is 11.9. The van der Waals surface area contributed by atoms with Crippen LogP contribution >= 0.6 is 0 Å². The summed E-state index contributed by atoms with van der Waals surface area (Å²) < 4.78 is 5.10. The van der Waals surface area contributed by atoms with E-state index in [0.717, 1.165) is 37.8 Å². The van der Waals surface area contributed by atoms with Crippen LogP contribution in [0.3, 0.4) is 0 Å². The number of benzene rings is 1. The Hall–Kier alpha value is -2.28. The number of guanidine groups is 1. The highest BCUT2D eigenvalue weighted by atomic mass is 16.6. The third-order valence-corrected chi connectivity index (χ3v) is 6.42. The first-order valence-corrected chi connectivity index (χ1v) is 11.8. The van der Waals surface area contributed by atoms with Gasteiger partial charge in [-0.25, -0.2) is 4.79 Å². The van der Waals surface area contributed by atoms with E-state index in [4.69, 9.17) is 4.74 Å². The summed E-state index contributed by atoms with van der Waals surface area (Å²) in [5.41, 5.74) is 2.71. The third-order valence-electron chi connectivity index (χ3n) is 6.42. The number of likely N-dealkylation sites (tertiary alicyclic amines) is 2. The lowest BCUT2D eigenvalue weighted by atomic mass is 9.98. The summed E-state index contributed by atoms with van der Waals surface area (Å²) >= 11 is 0. The van der Waals surface area contributed by atoms with Crippen molar-refractivity contribution in [2.45, 2.75) is 58.7 Å². The standard InChI is InChI=1S/C24H39N5O2/c1-4-31-24(30)29-15-11-22(12-16-29)27-23(25-3)26-17-20-7-5-6-8-21(20)18-28-13-9-19(2)10-14-28/h5-8,19,22H,4,9-18H2,1-3H3,(H2,25,26,27). The molecule has 2 fully saturated rings. The Labute approximate surface area is 187 Å². The van der Waals surface area contributed by atoms with Crippen LogP contribution in [-0.4, -0.2) is 67.7 Å². The zero-order valence-electron chi connectivity index (χ0n) is 19.4. The number of carbonyl (C=O) groups excluding carboxylic acids is 1. The number of nitrogens with one attached hydrogen (secondary N) is 2. The van der Waals surface area contributed by atoms with E-state index in [2.05, 4.69) is 51.7 Å². The first-order valence-electron chi connectivity index (χ1n) is 11.8. The highest BCUT2D eigenvalue weighted by Gasteiger charge is 2.24. The van der Waals surface area contributed by atoms with Crippen LogP contribution in [0.4, 0.5) is 4.79 Å². The van der Waals surface area contributed by atoms with Gasteiger partial charge in [0, 0.05) is 39.3 Å². The lowest BCUT2D eigenvalue weighted by molar-refractivity contribution is 0.0963. The van der Waals surface area contributed by atoms with E-state index in [0.29, 0.717) is 25.7 Å². The number of carbonyl (C=O) groups is 1. The third kappa shape index (κ3) is 7.13. The Morgan fingerprint density at radius 3 is 2.42 bits per heavy atom. The number of piperidine rings is 2. The first kappa shape index (κ1) is 23.4. The Bertz CT molecular complexity index is 722. The summed E-state index contributed by atoms with van der Waals surface area (Å²) in [7, 11) is 1.81. The van der Waals surface area contributed by atoms with Gasteiger partial charge in [-0.3, -0.25) is 9.89 Å². The van der Waals surface area contributed by atoms with Gasteiger partial charge in [0.1, 0.15) is 0 Å². The number of aliphatic imine (C=N–C) groups is 1. The number of ether oxygens (including phenoxy) is 1. The quantitative estimate of drug-likeness (QED) is 0.537. The molecule has 31 heavy (non-hydrogen) atoms. The van der Waals surface area contributed by atoms with Crippen LogP contribution < -0.4 is 10.6 Å². The summed E-state index contributed by atoms with van der Waals surface area (Å²) in [6, 6.07) is 9.01. The molecular weight excluding hydrogens is 390 g/mol. The minimum absolute atomic E-state index is 0.205. The molecule has 0 radical (unpaired) electrons. The molecule has 3 rings (SSSR count). The molecule has 7 heteroatoms. The van der Waals surface area contributed by atoms with E-state index in [1.54, 1.807) is 4.90 Å². The van der Waals surface area contributed by atoms with E-state index in [9.17, 15) is 4.79 Å². The first-order chi connectivity index (χ1) is 15.1. The van der Waals surface area contributed by atoms with E-state index in [-0.39, 0.29) is 6.09 Å². The predicted octanol–water partition coefficient (Wildman–Crippen LogP) is 3.20. The van der Waals surface area contributed by atoms with Gasteiger partial charge < -0.3 is 20.3 Å². The zero-order valence-corrected chi connectivity index (χ0v) is 19.4. The molecule has 1 aromatic carbocycles. The molecule has 1 aromatic rings. The molecule has 0 aromatic heterocycles. The van der Waals surface area contributed by atoms with Crippen molar-refractivity contribution in [1.82, 2.24) is 20.4 Å². The molecule has 0 aliphatic carbocycles. The smallest absolute Gasteiger partial charge is 0.409 e.